The highest BCUT2D eigenvalue weighted by Crippen LogP contribution is 2.17. The third-order valence-electron chi connectivity index (χ3n) is 2.99. The number of hydrogen-bond acceptors (Lipinski definition) is 3. The maximum Gasteiger partial charge on any atom is 0.244 e. The number of ether oxygens (including phenoxy) is 1. The standard InChI is InChI=1S/C14H16BrN3O2/c1-10(18-9-12(15)8-17-18)14(19)16-7-11-5-3-4-6-13(11)20-2/h3-6,8-10H,7H2,1-2H3,(H,16,19)/t10-/m1/s1. The van der Waals surface area contributed by atoms with E-state index in [9.17, 15) is 4.79 Å². The average Bonchev–Trinajstić information content (AvgIpc) is 2.90. The van der Waals surface area contributed by atoms with Crippen LogP contribution in [0.2, 0.25) is 0 Å². The predicted octanol–water partition coefficient (Wildman–Crippen LogP) is 2.53. The number of halogens is 1. The molecular formula is C14H16BrN3O2. The van der Waals surface area contributed by atoms with Gasteiger partial charge in [0.05, 0.1) is 17.8 Å². The molecule has 1 atom stereocenters. The highest BCUT2D eigenvalue weighted by molar-refractivity contribution is 9.10. The minimum Gasteiger partial charge on any atom is -0.496 e. The van der Waals surface area contributed by atoms with Crippen molar-refractivity contribution in [3.05, 3.63) is 46.7 Å². The fraction of sp³-hybridized carbons (Fsp3) is 0.286. The maximum atomic E-state index is 12.1. The molecule has 106 valence electrons. The molecule has 1 N–H and O–H groups in total. The number of methoxy groups -OCH3 is 1. The summed E-state index contributed by atoms with van der Waals surface area (Å²) >= 11 is 3.31. The van der Waals surface area contributed by atoms with Gasteiger partial charge >= 0.3 is 0 Å². The highest BCUT2D eigenvalue weighted by atomic mass is 79.9. The number of hydrogen-bond donors (Lipinski definition) is 1. The van der Waals surface area contributed by atoms with Gasteiger partial charge in [-0.3, -0.25) is 9.48 Å². The molecule has 20 heavy (non-hydrogen) atoms. The molecule has 5 nitrogen and oxygen atoms in total. The van der Waals surface area contributed by atoms with E-state index in [1.165, 1.54) is 0 Å². The minimum absolute atomic E-state index is 0.0912. The van der Waals surface area contributed by atoms with E-state index in [-0.39, 0.29) is 11.9 Å². The molecule has 0 aliphatic heterocycles. The summed E-state index contributed by atoms with van der Waals surface area (Å²) in [4.78, 5) is 12.1. The Morgan fingerprint density at radius 3 is 2.90 bits per heavy atom. The third kappa shape index (κ3) is 3.39. The van der Waals surface area contributed by atoms with E-state index in [0.29, 0.717) is 6.54 Å². The lowest BCUT2D eigenvalue weighted by atomic mass is 10.2. The van der Waals surface area contributed by atoms with Crippen molar-refractivity contribution in [2.24, 2.45) is 0 Å². The first-order chi connectivity index (χ1) is 9.61. The Bertz CT molecular complexity index is 598. The molecular weight excluding hydrogens is 322 g/mol. The predicted molar refractivity (Wildman–Crippen MR) is 79.5 cm³/mol. The van der Waals surface area contributed by atoms with E-state index in [1.807, 2.05) is 24.3 Å². The molecule has 1 aromatic carbocycles. The topological polar surface area (TPSA) is 56.1 Å². The van der Waals surface area contributed by atoms with Crippen LogP contribution in [0.15, 0.2) is 41.1 Å². The van der Waals surface area contributed by atoms with Gasteiger partial charge in [-0.2, -0.15) is 5.10 Å². The second-order valence-electron chi connectivity index (χ2n) is 4.34. The van der Waals surface area contributed by atoms with Crippen molar-refractivity contribution in [1.29, 1.82) is 0 Å². The van der Waals surface area contributed by atoms with E-state index < -0.39 is 0 Å². The van der Waals surface area contributed by atoms with E-state index in [1.54, 1.807) is 31.1 Å². The van der Waals surface area contributed by atoms with Crippen LogP contribution in [0.25, 0.3) is 0 Å². The molecule has 1 heterocycles. The maximum absolute atomic E-state index is 12.1. The van der Waals surface area contributed by atoms with Crippen molar-refractivity contribution in [1.82, 2.24) is 15.1 Å². The van der Waals surface area contributed by atoms with E-state index in [4.69, 9.17) is 4.74 Å². The summed E-state index contributed by atoms with van der Waals surface area (Å²) in [7, 11) is 1.62. The van der Waals surface area contributed by atoms with Gasteiger partial charge in [0.2, 0.25) is 5.91 Å². The van der Waals surface area contributed by atoms with Crippen LogP contribution in [0, 0.1) is 0 Å². The molecule has 0 spiro atoms. The van der Waals surface area contributed by atoms with Gasteiger partial charge in [0.1, 0.15) is 11.8 Å². The smallest absolute Gasteiger partial charge is 0.244 e. The Labute approximate surface area is 126 Å². The Morgan fingerprint density at radius 2 is 2.25 bits per heavy atom. The molecule has 0 saturated carbocycles. The molecule has 6 heteroatoms. The first-order valence-corrected chi connectivity index (χ1v) is 7.00. The van der Waals surface area contributed by atoms with Crippen LogP contribution in [0.4, 0.5) is 0 Å². The summed E-state index contributed by atoms with van der Waals surface area (Å²) < 4.78 is 7.71. The molecule has 0 fully saturated rings. The van der Waals surface area contributed by atoms with Gasteiger partial charge in [0.25, 0.3) is 0 Å². The SMILES string of the molecule is COc1ccccc1CNC(=O)[C@@H](C)n1cc(Br)cn1. The van der Waals surface area contributed by atoms with Crippen molar-refractivity contribution in [3.63, 3.8) is 0 Å². The number of aromatic nitrogens is 2. The number of nitrogens with one attached hydrogen (secondary N) is 1. The summed E-state index contributed by atoms with van der Waals surface area (Å²) in [5, 5.41) is 7.00. The molecule has 0 radical (unpaired) electrons. The lowest BCUT2D eigenvalue weighted by molar-refractivity contribution is -0.124. The fourth-order valence-electron chi connectivity index (χ4n) is 1.83. The van der Waals surface area contributed by atoms with Gasteiger partial charge < -0.3 is 10.1 Å². The second-order valence-corrected chi connectivity index (χ2v) is 5.26. The monoisotopic (exact) mass is 337 g/mol. The first kappa shape index (κ1) is 14.6. The zero-order valence-corrected chi connectivity index (χ0v) is 12.9. The van der Waals surface area contributed by atoms with Crippen LogP contribution >= 0.6 is 15.9 Å². The number of benzene rings is 1. The van der Waals surface area contributed by atoms with Crippen LogP contribution in [0.3, 0.4) is 0 Å². The molecule has 2 aromatic rings. The number of nitrogens with zero attached hydrogens (tertiary/aromatic N) is 2. The van der Waals surface area contributed by atoms with E-state index in [0.717, 1.165) is 15.8 Å². The zero-order chi connectivity index (χ0) is 14.5. The number of para-hydroxylation sites is 1. The van der Waals surface area contributed by atoms with Crippen LogP contribution in [0.1, 0.15) is 18.5 Å². The molecule has 1 aromatic heterocycles. The normalized spacial score (nSPS) is 11.9. The molecule has 2 rings (SSSR count). The number of carbonyl (C=O) groups is 1. The van der Waals surface area contributed by atoms with Gasteiger partial charge in [0, 0.05) is 18.3 Å². The fourth-order valence-corrected chi connectivity index (χ4v) is 2.13. The van der Waals surface area contributed by atoms with Crippen molar-refractivity contribution >= 4 is 21.8 Å². The van der Waals surface area contributed by atoms with Gasteiger partial charge in [-0.05, 0) is 28.9 Å². The quantitative estimate of drug-likeness (QED) is 0.912. The van der Waals surface area contributed by atoms with Crippen molar-refractivity contribution in [3.8, 4) is 5.75 Å². The number of amides is 1. The number of carbonyl (C=O) groups excluding carboxylic acids is 1. The second kappa shape index (κ2) is 6.56. The molecule has 0 aliphatic rings. The lowest BCUT2D eigenvalue weighted by Gasteiger charge is -2.14. The Kier molecular flexibility index (Phi) is 4.79. The summed E-state index contributed by atoms with van der Waals surface area (Å²) in [6, 6.07) is 7.24. The lowest BCUT2D eigenvalue weighted by Crippen LogP contribution is -2.30. The van der Waals surface area contributed by atoms with Crippen molar-refractivity contribution in [2.75, 3.05) is 7.11 Å². The van der Waals surface area contributed by atoms with Crippen LogP contribution in [-0.4, -0.2) is 22.8 Å². The highest BCUT2D eigenvalue weighted by Gasteiger charge is 2.15. The van der Waals surface area contributed by atoms with Crippen LogP contribution in [-0.2, 0) is 11.3 Å². The van der Waals surface area contributed by atoms with Gasteiger partial charge in [-0.25, -0.2) is 0 Å². The summed E-state index contributed by atoms with van der Waals surface area (Å²) in [5.41, 5.74) is 0.942. The van der Waals surface area contributed by atoms with E-state index >= 15 is 0 Å². The van der Waals surface area contributed by atoms with Gasteiger partial charge in [0.15, 0.2) is 0 Å². The Morgan fingerprint density at radius 1 is 1.50 bits per heavy atom. The Hall–Kier alpha value is -1.82. The average molecular weight is 338 g/mol. The molecule has 0 saturated heterocycles. The van der Waals surface area contributed by atoms with Crippen LogP contribution < -0.4 is 10.1 Å². The first-order valence-electron chi connectivity index (χ1n) is 6.21. The van der Waals surface area contributed by atoms with Crippen LogP contribution in [0.5, 0.6) is 5.75 Å². The largest absolute Gasteiger partial charge is 0.496 e. The van der Waals surface area contributed by atoms with Gasteiger partial charge in [-0.15, -0.1) is 0 Å². The molecule has 0 unspecified atom stereocenters. The molecule has 1 amide bonds. The van der Waals surface area contributed by atoms with Crippen molar-refractivity contribution in [2.45, 2.75) is 19.5 Å². The van der Waals surface area contributed by atoms with Crippen molar-refractivity contribution < 1.29 is 9.53 Å². The van der Waals surface area contributed by atoms with Gasteiger partial charge in [-0.1, -0.05) is 18.2 Å². The zero-order valence-electron chi connectivity index (χ0n) is 11.3. The molecule has 0 aliphatic carbocycles. The summed E-state index contributed by atoms with van der Waals surface area (Å²) in [6.45, 7) is 2.23. The summed E-state index contributed by atoms with van der Waals surface area (Å²) in [5.74, 6) is 0.675. The summed E-state index contributed by atoms with van der Waals surface area (Å²) in [6.07, 6.45) is 3.43. The minimum atomic E-state index is -0.365. The molecule has 0 bridgehead atoms. The number of rotatable bonds is 5. The Balaban J connectivity index is 1.98. The third-order valence-corrected chi connectivity index (χ3v) is 3.40. The van der Waals surface area contributed by atoms with E-state index in [2.05, 4.69) is 26.3 Å².